The van der Waals surface area contributed by atoms with Gasteiger partial charge in [-0.2, -0.15) is 0 Å². The highest BCUT2D eigenvalue weighted by Crippen LogP contribution is 2.45. The molecule has 3 rings (SSSR count). The van der Waals surface area contributed by atoms with E-state index in [1.54, 1.807) is 0 Å². The zero-order valence-corrected chi connectivity index (χ0v) is 16.8. The number of rotatable bonds is 5. The number of aromatic nitrogens is 1. The number of carbonyl (C=O) groups is 2. The number of hydrogen-bond donors (Lipinski definition) is 1. The van der Waals surface area contributed by atoms with E-state index in [2.05, 4.69) is 4.98 Å². The summed E-state index contributed by atoms with van der Waals surface area (Å²) < 4.78 is 46.0. The molecule has 1 heterocycles. The minimum absolute atomic E-state index is 0.109. The van der Waals surface area contributed by atoms with Crippen molar-refractivity contribution in [2.75, 3.05) is 14.2 Å². The molecule has 0 amide bonds. The molecule has 1 aromatic carbocycles. The molecule has 0 saturated carbocycles. The number of methoxy groups -OCH3 is 2. The van der Waals surface area contributed by atoms with Gasteiger partial charge < -0.3 is 9.47 Å². The van der Waals surface area contributed by atoms with E-state index in [4.69, 9.17) is 14.6 Å². The molecule has 0 bridgehead atoms. The first-order valence-electron chi connectivity index (χ1n) is 8.50. The van der Waals surface area contributed by atoms with E-state index in [0.29, 0.717) is 16.7 Å². The Labute approximate surface area is 171 Å². The first-order valence-corrected chi connectivity index (χ1v) is 10.0. The van der Waals surface area contributed by atoms with Gasteiger partial charge >= 0.3 is 11.9 Å². The number of pyridine rings is 1. The van der Waals surface area contributed by atoms with Gasteiger partial charge in [0.1, 0.15) is 5.82 Å². The molecule has 2 aromatic rings. The highest BCUT2D eigenvalue weighted by atomic mass is 32.2. The van der Waals surface area contributed by atoms with E-state index in [-0.39, 0.29) is 10.6 Å². The van der Waals surface area contributed by atoms with Crippen molar-refractivity contribution in [3.63, 3.8) is 0 Å². The van der Waals surface area contributed by atoms with Gasteiger partial charge in [0.15, 0.2) is 0 Å². The summed E-state index contributed by atoms with van der Waals surface area (Å²) in [6.07, 6.45) is 3.67. The lowest BCUT2D eigenvalue weighted by atomic mass is 9.89. The lowest BCUT2D eigenvalue weighted by Crippen LogP contribution is -2.36. The van der Waals surface area contributed by atoms with Crippen LogP contribution in [0.3, 0.4) is 0 Å². The molecule has 30 heavy (non-hydrogen) atoms. The zero-order valence-electron chi connectivity index (χ0n) is 16.0. The van der Waals surface area contributed by atoms with E-state index in [1.807, 2.05) is 0 Å². The van der Waals surface area contributed by atoms with Crippen molar-refractivity contribution < 1.29 is 31.9 Å². The molecular weight excluding hydrogens is 415 g/mol. The van der Waals surface area contributed by atoms with E-state index in [1.165, 1.54) is 48.6 Å². The van der Waals surface area contributed by atoms with Crippen LogP contribution in [0, 0.1) is 11.2 Å². The number of nitrogens with zero attached hydrogens (tertiary/aromatic N) is 1. The van der Waals surface area contributed by atoms with Gasteiger partial charge in [0, 0.05) is 5.57 Å². The summed E-state index contributed by atoms with van der Waals surface area (Å²) in [7, 11) is -1.65. The lowest BCUT2D eigenvalue weighted by molar-refractivity contribution is -0.161. The van der Waals surface area contributed by atoms with Crippen LogP contribution in [-0.4, -0.2) is 39.6 Å². The van der Waals surface area contributed by atoms with Gasteiger partial charge in [0.25, 0.3) is 0 Å². The zero-order chi connectivity index (χ0) is 22.1. The molecule has 0 aliphatic heterocycles. The normalized spacial score (nSPS) is 15.2. The van der Waals surface area contributed by atoms with Gasteiger partial charge in [-0.1, -0.05) is 12.1 Å². The van der Waals surface area contributed by atoms with Crippen LogP contribution >= 0.6 is 0 Å². The predicted molar refractivity (Wildman–Crippen MR) is 104 cm³/mol. The van der Waals surface area contributed by atoms with E-state index in [0.717, 1.165) is 20.4 Å². The molecule has 0 fully saturated rings. The highest BCUT2D eigenvalue weighted by Gasteiger charge is 2.49. The standard InChI is InChI=1S/C20H17FN2O6S/c1-28-18(24)20(19(25)29-2)9-15(12-3-6-14(7-4-12)30(22,26)27)16(10-20)17-8-5-13(21)11-23-17/h3-11H,1-2H3,(H2,22,26,27). The summed E-state index contributed by atoms with van der Waals surface area (Å²) in [6, 6.07) is 8.08. The molecule has 0 unspecified atom stereocenters. The summed E-state index contributed by atoms with van der Waals surface area (Å²) in [5.74, 6) is -2.33. The third kappa shape index (κ3) is 3.74. The Balaban J connectivity index is 2.23. The van der Waals surface area contributed by atoms with Gasteiger partial charge in [-0.3, -0.25) is 14.6 Å². The molecule has 8 nitrogen and oxygen atoms in total. The SMILES string of the molecule is COC(=O)C1(C(=O)OC)C=C(c2ccc(S(N)(=O)=O)cc2)C(c2ccc(F)cn2)=C1. The molecule has 156 valence electrons. The lowest BCUT2D eigenvalue weighted by Gasteiger charge is -2.18. The topological polar surface area (TPSA) is 126 Å². The molecule has 0 radical (unpaired) electrons. The average Bonchev–Trinajstić information content (AvgIpc) is 3.14. The van der Waals surface area contributed by atoms with Crippen LogP contribution < -0.4 is 5.14 Å². The minimum atomic E-state index is -3.91. The molecule has 0 spiro atoms. The van der Waals surface area contributed by atoms with Crippen LogP contribution in [0.15, 0.2) is 59.6 Å². The number of carbonyl (C=O) groups excluding carboxylic acids is 2. The van der Waals surface area contributed by atoms with Crippen LogP contribution in [0.5, 0.6) is 0 Å². The fourth-order valence-electron chi connectivity index (χ4n) is 3.12. The third-order valence-electron chi connectivity index (χ3n) is 4.58. The van der Waals surface area contributed by atoms with Crippen LogP contribution in [0.1, 0.15) is 11.3 Å². The van der Waals surface area contributed by atoms with Crippen molar-refractivity contribution >= 4 is 33.1 Å². The van der Waals surface area contributed by atoms with E-state index >= 15 is 0 Å². The van der Waals surface area contributed by atoms with Crippen molar-refractivity contribution in [3.05, 3.63) is 71.8 Å². The number of benzene rings is 1. The van der Waals surface area contributed by atoms with Crippen molar-refractivity contribution in [3.8, 4) is 0 Å². The highest BCUT2D eigenvalue weighted by molar-refractivity contribution is 7.89. The Bertz CT molecular complexity index is 1150. The molecule has 1 aliphatic carbocycles. The van der Waals surface area contributed by atoms with Crippen molar-refractivity contribution in [2.45, 2.75) is 4.90 Å². The average molecular weight is 432 g/mol. The Morgan fingerprint density at radius 1 is 0.967 bits per heavy atom. The second-order valence-electron chi connectivity index (χ2n) is 6.40. The molecule has 0 atom stereocenters. The summed E-state index contributed by atoms with van der Waals surface area (Å²) in [6.45, 7) is 0. The molecular formula is C20H17FN2O6S. The number of ether oxygens (including phenoxy) is 2. The second kappa shape index (κ2) is 7.81. The van der Waals surface area contributed by atoms with Crippen LogP contribution in [-0.2, 0) is 29.1 Å². The number of halogens is 1. The summed E-state index contributed by atoms with van der Waals surface area (Å²) in [5.41, 5.74) is -0.412. The Kier molecular flexibility index (Phi) is 5.55. The van der Waals surface area contributed by atoms with Gasteiger partial charge in [0.2, 0.25) is 15.4 Å². The monoisotopic (exact) mass is 432 g/mol. The van der Waals surface area contributed by atoms with Gasteiger partial charge in [0.05, 0.1) is 31.0 Å². The Morgan fingerprint density at radius 3 is 2.00 bits per heavy atom. The van der Waals surface area contributed by atoms with Crippen LogP contribution in [0.25, 0.3) is 11.1 Å². The van der Waals surface area contributed by atoms with Gasteiger partial charge in [-0.05, 0) is 47.6 Å². The molecule has 2 N–H and O–H groups in total. The van der Waals surface area contributed by atoms with E-state index in [9.17, 15) is 22.4 Å². The quantitative estimate of drug-likeness (QED) is 0.563. The van der Waals surface area contributed by atoms with Crippen molar-refractivity contribution in [1.82, 2.24) is 4.98 Å². The van der Waals surface area contributed by atoms with E-state index < -0.39 is 33.2 Å². The van der Waals surface area contributed by atoms with Crippen LogP contribution in [0.2, 0.25) is 0 Å². The fourth-order valence-corrected chi connectivity index (χ4v) is 3.63. The maximum absolute atomic E-state index is 13.4. The summed E-state index contributed by atoms with van der Waals surface area (Å²) >= 11 is 0. The van der Waals surface area contributed by atoms with Gasteiger partial charge in [-0.25, -0.2) is 17.9 Å². The number of nitrogens with two attached hydrogens (primary N) is 1. The van der Waals surface area contributed by atoms with Gasteiger partial charge in [-0.15, -0.1) is 0 Å². The maximum Gasteiger partial charge on any atom is 0.331 e. The molecule has 1 aromatic heterocycles. The molecule has 1 aliphatic rings. The summed E-state index contributed by atoms with van der Waals surface area (Å²) in [4.78, 5) is 29.0. The van der Waals surface area contributed by atoms with Crippen molar-refractivity contribution in [1.29, 1.82) is 0 Å². The number of esters is 2. The number of allylic oxidation sites excluding steroid dienone is 2. The van der Waals surface area contributed by atoms with Crippen molar-refractivity contribution in [2.24, 2.45) is 10.6 Å². The smallest absolute Gasteiger partial charge is 0.331 e. The third-order valence-corrected chi connectivity index (χ3v) is 5.51. The second-order valence-corrected chi connectivity index (χ2v) is 7.96. The Morgan fingerprint density at radius 2 is 1.53 bits per heavy atom. The molecule has 10 heteroatoms. The number of sulfonamides is 1. The number of hydrogen-bond acceptors (Lipinski definition) is 7. The molecule has 0 saturated heterocycles. The largest absolute Gasteiger partial charge is 0.468 e. The fraction of sp³-hybridized carbons (Fsp3) is 0.150. The maximum atomic E-state index is 13.4. The number of primary sulfonamides is 1. The van der Waals surface area contributed by atoms with Crippen LogP contribution in [0.4, 0.5) is 4.39 Å². The minimum Gasteiger partial charge on any atom is -0.468 e. The Hall–Kier alpha value is -3.37. The predicted octanol–water partition coefficient (Wildman–Crippen LogP) is 1.68. The first-order chi connectivity index (χ1) is 14.1. The first kappa shape index (κ1) is 21.3. The summed E-state index contributed by atoms with van der Waals surface area (Å²) in [5, 5.41) is 5.13.